The van der Waals surface area contributed by atoms with E-state index >= 15 is 0 Å². The number of Topliss-reactive ketones (excluding diaryl/α,β-unsaturated/α-hetero) is 2. The normalized spacial score (nSPS) is 9.60. The van der Waals surface area contributed by atoms with Gasteiger partial charge in [0, 0.05) is 12.8 Å². The Morgan fingerprint density at radius 3 is 1.12 bits per heavy atom. The van der Waals surface area contributed by atoms with E-state index < -0.39 is 79.5 Å². The van der Waals surface area contributed by atoms with Gasteiger partial charge in [0.1, 0.15) is 6.42 Å². The van der Waals surface area contributed by atoms with E-state index in [4.69, 9.17) is 10.2 Å². The van der Waals surface area contributed by atoms with Crippen LogP contribution in [0.25, 0.3) is 0 Å². The first-order valence-electron chi connectivity index (χ1n) is 6.52. The summed E-state index contributed by atoms with van der Waals surface area (Å²) in [6, 6.07) is 0. The zero-order valence-corrected chi connectivity index (χ0v) is 12.5. The van der Waals surface area contributed by atoms with Gasteiger partial charge in [0.15, 0.2) is 0 Å². The fourth-order valence-corrected chi connectivity index (χ4v) is 1.19. The first kappa shape index (κ1) is 21.6. The Morgan fingerprint density at radius 1 is 0.520 bits per heavy atom. The van der Waals surface area contributed by atoms with Crippen LogP contribution in [0, 0.1) is 0 Å². The van der Waals surface area contributed by atoms with Gasteiger partial charge >= 0.3 is 35.8 Å². The number of aliphatic carboxylic acids is 2. The quantitative estimate of drug-likeness (QED) is 0.257. The Bertz CT molecular complexity index is 575. The highest BCUT2D eigenvalue weighted by Gasteiger charge is 2.21. The van der Waals surface area contributed by atoms with Gasteiger partial charge in [0.25, 0.3) is 0 Å². The lowest BCUT2D eigenvalue weighted by molar-refractivity contribution is -0.166. The van der Waals surface area contributed by atoms with E-state index in [-0.39, 0.29) is 0 Å². The smallest absolute Gasteiger partial charge is 0.372 e. The molecule has 0 aliphatic carbocycles. The number of ether oxygens (including phenoxy) is 2. The van der Waals surface area contributed by atoms with Gasteiger partial charge in [-0.2, -0.15) is 0 Å². The molecular formula is C13H12O12. The van der Waals surface area contributed by atoms with E-state index in [0.717, 1.165) is 0 Å². The first-order valence-corrected chi connectivity index (χ1v) is 6.52. The van der Waals surface area contributed by atoms with E-state index in [1.54, 1.807) is 0 Å². The predicted molar refractivity (Wildman–Crippen MR) is 70.6 cm³/mol. The van der Waals surface area contributed by atoms with Crippen LogP contribution in [0.5, 0.6) is 0 Å². The molecule has 0 aliphatic heterocycles. The summed E-state index contributed by atoms with van der Waals surface area (Å²) in [4.78, 5) is 86.5. The van der Waals surface area contributed by atoms with Crippen LogP contribution in [-0.2, 0) is 47.8 Å². The zero-order chi connectivity index (χ0) is 19.6. The molecule has 0 aliphatic rings. The van der Waals surface area contributed by atoms with E-state index in [1.165, 1.54) is 0 Å². The molecule has 136 valence electrons. The monoisotopic (exact) mass is 360 g/mol. The van der Waals surface area contributed by atoms with Gasteiger partial charge < -0.3 is 19.7 Å². The molecule has 0 atom stereocenters. The van der Waals surface area contributed by atoms with Crippen LogP contribution in [0.15, 0.2) is 0 Å². The van der Waals surface area contributed by atoms with Crippen molar-refractivity contribution < 1.29 is 58.0 Å². The number of carbonyl (C=O) groups is 8. The van der Waals surface area contributed by atoms with Crippen molar-refractivity contribution in [2.45, 2.75) is 32.1 Å². The average Bonchev–Trinajstić information content (AvgIpc) is 2.49. The third kappa shape index (κ3) is 10.0. The van der Waals surface area contributed by atoms with Gasteiger partial charge in [-0.1, -0.05) is 0 Å². The molecule has 0 unspecified atom stereocenters. The molecule has 0 aromatic heterocycles. The van der Waals surface area contributed by atoms with Gasteiger partial charge in [-0.3, -0.25) is 28.8 Å². The van der Waals surface area contributed by atoms with Crippen LogP contribution in [0.3, 0.4) is 0 Å². The van der Waals surface area contributed by atoms with Crippen LogP contribution >= 0.6 is 0 Å². The third-order valence-electron chi connectivity index (χ3n) is 2.33. The van der Waals surface area contributed by atoms with Crippen molar-refractivity contribution >= 4 is 47.4 Å². The van der Waals surface area contributed by atoms with Gasteiger partial charge in [0.2, 0.25) is 11.6 Å². The van der Waals surface area contributed by atoms with Gasteiger partial charge in [-0.25, -0.2) is 9.59 Å². The second-order valence-electron chi connectivity index (χ2n) is 4.33. The molecule has 0 saturated carbocycles. The summed E-state index contributed by atoms with van der Waals surface area (Å²) >= 11 is 0. The molecular weight excluding hydrogens is 348 g/mol. The maximum atomic E-state index is 11.2. The highest BCUT2D eigenvalue weighted by molar-refractivity contribution is 6.33. The Hall–Kier alpha value is -3.44. The minimum Gasteiger partial charge on any atom is -0.476 e. The first-order chi connectivity index (χ1) is 11.5. The zero-order valence-electron chi connectivity index (χ0n) is 12.5. The number of carboxylic acid groups (broad SMARTS) is 2. The summed E-state index contributed by atoms with van der Waals surface area (Å²) in [5.41, 5.74) is 0. The molecule has 0 aromatic carbocycles. The Kier molecular flexibility index (Phi) is 8.93. The van der Waals surface area contributed by atoms with Crippen molar-refractivity contribution in [1.29, 1.82) is 0 Å². The molecule has 0 amide bonds. The molecule has 0 bridgehead atoms. The van der Waals surface area contributed by atoms with Crippen molar-refractivity contribution in [2.24, 2.45) is 0 Å². The Labute approximate surface area is 138 Å². The van der Waals surface area contributed by atoms with Crippen molar-refractivity contribution in [3.05, 3.63) is 0 Å². The number of ketones is 2. The fraction of sp³-hybridized carbons (Fsp3) is 0.385. The molecule has 2 N–H and O–H groups in total. The van der Waals surface area contributed by atoms with Crippen molar-refractivity contribution in [1.82, 2.24) is 0 Å². The summed E-state index contributed by atoms with van der Waals surface area (Å²) in [7, 11) is 0. The molecule has 0 rings (SSSR count). The van der Waals surface area contributed by atoms with Crippen LogP contribution in [0.4, 0.5) is 0 Å². The standard InChI is InChI=1S/C13H12O12/c14-6(12(20)21)1-3-8(16)24-10(18)5-11(19)25-9(17)4-2-7(15)13(22)23/h1-5H2,(H,20,21)(H,22,23). The number of hydrogen-bond donors (Lipinski definition) is 2. The number of hydrogen-bond acceptors (Lipinski definition) is 10. The number of carboxylic acids is 2. The van der Waals surface area contributed by atoms with Gasteiger partial charge in [-0.15, -0.1) is 0 Å². The molecule has 0 aromatic rings. The summed E-state index contributed by atoms with van der Waals surface area (Å²) in [5, 5.41) is 16.5. The molecule has 0 spiro atoms. The molecule has 25 heavy (non-hydrogen) atoms. The molecule has 0 fully saturated rings. The molecule has 12 nitrogen and oxygen atoms in total. The van der Waals surface area contributed by atoms with Crippen LogP contribution in [0.2, 0.25) is 0 Å². The summed E-state index contributed by atoms with van der Waals surface area (Å²) in [6.07, 6.45) is -3.97. The van der Waals surface area contributed by atoms with Gasteiger partial charge in [-0.05, 0) is 0 Å². The summed E-state index contributed by atoms with van der Waals surface area (Å²) in [5.74, 6) is -11.4. The number of esters is 4. The highest BCUT2D eigenvalue weighted by atomic mass is 16.6. The van der Waals surface area contributed by atoms with Crippen molar-refractivity contribution in [2.75, 3.05) is 0 Å². The lowest BCUT2D eigenvalue weighted by Crippen LogP contribution is -2.21. The minimum absolute atomic E-state index is 0.706. The van der Waals surface area contributed by atoms with Crippen LogP contribution in [-0.4, -0.2) is 57.6 Å². The maximum Gasteiger partial charge on any atom is 0.372 e. The molecule has 12 heteroatoms. The third-order valence-corrected chi connectivity index (χ3v) is 2.33. The lowest BCUT2D eigenvalue weighted by Gasteiger charge is -2.03. The van der Waals surface area contributed by atoms with Crippen molar-refractivity contribution in [3.63, 3.8) is 0 Å². The largest absolute Gasteiger partial charge is 0.476 e. The van der Waals surface area contributed by atoms with E-state index in [1.807, 2.05) is 0 Å². The fourth-order valence-electron chi connectivity index (χ4n) is 1.19. The number of carbonyl (C=O) groups excluding carboxylic acids is 6. The van der Waals surface area contributed by atoms with E-state index in [0.29, 0.717) is 0 Å². The average molecular weight is 360 g/mol. The SMILES string of the molecule is O=C(CCC(=O)C(=O)O)OC(=O)CC(=O)OC(=O)CCC(=O)C(=O)O. The van der Waals surface area contributed by atoms with Crippen LogP contribution < -0.4 is 0 Å². The number of rotatable bonds is 10. The lowest BCUT2D eigenvalue weighted by atomic mass is 10.2. The topological polar surface area (TPSA) is 195 Å². The maximum absolute atomic E-state index is 11.2. The molecule has 0 radical (unpaired) electrons. The van der Waals surface area contributed by atoms with E-state index in [2.05, 4.69) is 9.47 Å². The molecule has 0 saturated heterocycles. The highest BCUT2D eigenvalue weighted by Crippen LogP contribution is 2.00. The second-order valence-corrected chi connectivity index (χ2v) is 4.33. The van der Waals surface area contributed by atoms with Gasteiger partial charge in [0.05, 0.1) is 12.8 Å². The Balaban J connectivity index is 4.14. The minimum atomic E-state index is -1.76. The Morgan fingerprint density at radius 2 is 0.840 bits per heavy atom. The van der Waals surface area contributed by atoms with E-state index in [9.17, 15) is 38.4 Å². The second kappa shape index (κ2) is 10.4. The summed E-state index contributed by atoms with van der Waals surface area (Å²) in [6.45, 7) is 0. The molecule has 0 heterocycles. The van der Waals surface area contributed by atoms with Crippen LogP contribution in [0.1, 0.15) is 32.1 Å². The predicted octanol–water partition coefficient (Wildman–Crippen LogP) is -1.62. The summed E-state index contributed by atoms with van der Waals surface area (Å²) < 4.78 is 8.19. The van der Waals surface area contributed by atoms with Crippen molar-refractivity contribution in [3.8, 4) is 0 Å².